The molecule has 7 nitrogen and oxygen atoms in total. The van der Waals surface area contributed by atoms with E-state index in [-0.39, 0.29) is 19.1 Å². The van der Waals surface area contributed by atoms with Crippen LogP contribution in [0.2, 0.25) is 0 Å². The first-order valence-electron chi connectivity index (χ1n) is 8.23. The monoisotopic (exact) mass is 349 g/mol. The van der Waals surface area contributed by atoms with Crippen LogP contribution in [0, 0.1) is 11.3 Å². The number of aliphatic hydroxyl groups excluding tert-OH is 1. The number of hydrogen-bond donors (Lipinski definition) is 2. The maximum absolute atomic E-state index is 12.6. The lowest BCUT2D eigenvalue weighted by Crippen LogP contribution is -2.33. The van der Waals surface area contributed by atoms with Gasteiger partial charge in [0.25, 0.3) is 5.91 Å². The highest BCUT2D eigenvalue weighted by Gasteiger charge is 2.18. The van der Waals surface area contributed by atoms with E-state index < -0.39 is 0 Å². The van der Waals surface area contributed by atoms with Gasteiger partial charge in [-0.15, -0.1) is 0 Å². The molecule has 0 spiro atoms. The molecule has 0 fully saturated rings. The number of benzene rings is 1. The standard InChI is InChI=1S/C19H19N5O2/c20-9-16-8-18(21-10-16)19(26)23(6-7-25)12-17-11-22-24(14-17)13-15-4-2-1-3-5-15/h1-5,8,10-11,14,21,25H,6-7,12-13H2. The average Bonchev–Trinajstić information content (AvgIpc) is 3.31. The van der Waals surface area contributed by atoms with Crippen LogP contribution in [0.4, 0.5) is 0 Å². The van der Waals surface area contributed by atoms with Crippen molar-refractivity contribution in [3.8, 4) is 6.07 Å². The maximum Gasteiger partial charge on any atom is 0.270 e. The van der Waals surface area contributed by atoms with E-state index in [9.17, 15) is 9.90 Å². The van der Waals surface area contributed by atoms with E-state index in [1.165, 1.54) is 17.2 Å². The summed E-state index contributed by atoms with van der Waals surface area (Å²) in [5.41, 5.74) is 2.73. The fourth-order valence-corrected chi connectivity index (χ4v) is 2.69. The number of nitriles is 1. The Bertz CT molecular complexity index is 907. The van der Waals surface area contributed by atoms with Crippen LogP contribution < -0.4 is 0 Å². The van der Waals surface area contributed by atoms with Gasteiger partial charge in [-0.05, 0) is 11.6 Å². The summed E-state index contributed by atoms with van der Waals surface area (Å²) in [6, 6.07) is 13.5. The minimum absolute atomic E-state index is 0.143. The first-order chi connectivity index (χ1) is 12.7. The molecule has 3 aromatic rings. The summed E-state index contributed by atoms with van der Waals surface area (Å²) >= 11 is 0. The number of aromatic nitrogens is 3. The normalized spacial score (nSPS) is 10.5. The van der Waals surface area contributed by atoms with Gasteiger partial charge in [-0.25, -0.2) is 0 Å². The zero-order chi connectivity index (χ0) is 18.4. The van der Waals surface area contributed by atoms with Gasteiger partial charge in [0.2, 0.25) is 0 Å². The third-order valence-electron chi connectivity index (χ3n) is 3.95. The molecule has 0 saturated heterocycles. The molecular weight excluding hydrogens is 330 g/mol. The summed E-state index contributed by atoms with van der Waals surface area (Å²) in [6.45, 7) is 1.03. The Morgan fingerprint density at radius 3 is 2.81 bits per heavy atom. The van der Waals surface area contributed by atoms with Crippen LogP contribution in [-0.4, -0.2) is 43.8 Å². The highest BCUT2D eigenvalue weighted by atomic mass is 16.3. The van der Waals surface area contributed by atoms with Crippen LogP contribution in [0.25, 0.3) is 0 Å². The highest BCUT2D eigenvalue weighted by molar-refractivity contribution is 5.92. The van der Waals surface area contributed by atoms with Crippen molar-refractivity contribution >= 4 is 5.91 Å². The summed E-state index contributed by atoms with van der Waals surface area (Å²) < 4.78 is 1.81. The van der Waals surface area contributed by atoms with Crippen LogP contribution in [0.5, 0.6) is 0 Å². The van der Waals surface area contributed by atoms with Gasteiger partial charge in [0.05, 0.1) is 24.9 Å². The number of aliphatic hydroxyl groups is 1. The molecule has 0 atom stereocenters. The van der Waals surface area contributed by atoms with Crippen molar-refractivity contribution in [3.05, 3.63) is 77.4 Å². The predicted molar refractivity (Wildman–Crippen MR) is 95.1 cm³/mol. The first kappa shape index (κ1) is 17.5. The van der Waals surface area contributed by atoms with E-state index in [2.05, 4.69) is 10.1 Å². The number of aromatic amines is 1. The summed E-state index contributed by atoms with van der Waals surface area (Å²) in [4.78, 5) is 16.9. The molecule has 0 saturated carbocycles. The van der Waals surface area contributed by atoms with E-state index in [0.717, 1.165) is 11.1 Å². The summed E-state index contributed by atoms with van der Waals surface area (Å²) in [6.07, 6.45) is 5.10. The number of hydrogen-bond acceptors (Lipinski definition) is 4. The van der Waals surface area contributed by atoms with Gasteiger partial charge < -0.3 is 15.0 Å². The molecule has 0 radical (unpaired) electrons. The van der Waals surface area contributed by atoms with Gasteiger partial charge in [0.15, 0.2) is 0 Å². The molecule has 2 N–H and O–H groups in total. The van der Waals surface area contributed by atoms with Crippen LogP contribution in [0.15, 0.2) is 55.0 Å². The molecule has 0 aliphatic heterocycles. The Balaban J connectivity index is 1.70. The third-order valence-corrected chi connectivity index (χ3v) is 3.95. The topological polar surface area (TPSA) is 97.9 Å². The van der Waals surface area contributed by atoms with Crippen LogP contribution in [0.3, 0.4) is 0 Å². The minimum Gasteiger partial charge on any atom is -0.395 e. The largest absolute Gasteiger partial charge is 0.395 e. The smallest absolute Gasteiger partial charge is 0.270 e. The molecule has 2 heterocycles. The Hall–Kier alpha value is -3.37. The van der Waals surface area contributed by atoms with Crippen molar-refractivity contribution in [1.29, 1.82) is 5.26 Å². The quantitative estimate of drug-likeness (QED) is 0.679. The number of nitrogens with one attached hydrogen (secondary N) is 1. The van der Waals surface area contributed by atoms with Crippen molar-refractivity contribution in [2.45, 2.75) is 13.1 Å². The fraction of sp³-hybridized carbons (Fsp3) is 0.211. The summed E-state index contributed by atoms with van der Waals surface area (Å²) in [5, 5.41) is 22.5. The zero-order valence-electron chi connectivity index (χ0n) is 14.2. The lowest BCUT2D eigenvalue weighted by Gasteiger charge is -2.20. The molecule has 1 aromatic carbocycles. The molecule has 0 unspecified atom stereocenters. The molecule has 2 aromatic heterocycles. The first-order valence-corrected chi connectivity index (χ1v) is 8.23. The zero-order valence-corrected chi connectivity index (χ0v) is 14.2. The number of rotatable bonds is 7. The number of nitrogens with zero attached hydrogens (tertiary/aromatic N) is 4. The van der Waals surface area contributed by atoms with E-state index >= 15 is 0 Å². The SMILES string of the molecule is N#Cc1c[nH]c(C(=O)N(CCO)Cc2cnn(Cc3ccccc3)c2)c1. The van der Waals surface area contributed by atoms with Gasteiger partial charge in [-0.2, -0.15) is 10.4 Å². The average molecular weight is 349 g/mol. The molecule has 0 bridgehead atoms. The Labute approximate surface area is 151 Å². The Kier molecular flexibility index (Phi) is 5.46. The molecule has 0 aliphatic rings. The minimum atomic E-state index is -0.267. The van der Waals surface area contributed by atoms with Gasteiger partial charge >= 0.3 is 0 Å². The second-order valence-corrected chi connectivity index (χ2v) is 5.90. The predicted octanol–water partition coefficient (Wildman–Crippen LogP) is 1.77. The number of carbonyl (C=O) groups is 1. The number of carbonyl (C=O) groups excluding carboxylic acids is 1. The molecule has 132 valence electrons. The second-order valence-electron chi connectivity index (χ2n) is 5.90. The Morgan fingerprint density at radius 1 is 1.31 bits per heavy atom. The van der Waals surface area contributed by atoms with Crippen molar-refractivity contribution in [3.63, 3.8) is 0 Å². The molecule has 3 rings (SSSR count). The summed E-state index contributed by atoms with van der Waals surface area (Å²) in [7, 11) is 0. The van der Waals surface area contributed by atoms with Crippen LogP contribution in [-0.2, 0) is 13.1 Å². The molecular formula is C19H19N5O2. The van der Waals surface area contributed by atoms with Crippen LogP contribution in [0.1, 0.15) is 27.2 Å². The van der Waals surface area contributed by atoms with Crippen molar-refractivity contribution in [2.24, 2.45) is 0 Å². The van der Waals surface area contributed by atoms with E-state index in [4.69, 9.17) is 5.26 Å². The molecule has 7 heteroatoms. The van der Waals surface area contributed by atoms with Gasteiger partial charge in [0.1, 0.15) is 11.8 Å². The maximum atomic E-state index is 12.6. The van der Waals surface area contributed by atoms with E-state index in [1.54, 1.807) is 6.20 Å². The van der Waals surface area contributed by atoms with Gasteiger partial charge in [0, 0.05) is 31.0 Å². The second kappa shape index (κ2) is 8.14. The summed E-state index contributed by atoms with van der Waals surface area (Å²) in [5.74, 6) is -0.267. The Morgan fingerprint density at radius 2 is 2.12 bits per heavy atom. The van der Waals surface area contributed by atoms with Crippen molar-refractivity contribution in [1.82, 2.24) is 19.7 Å². The number of amides is 1. The lowest BCUT2D eigenvalue weighted by molar-refractivity contribution is 0.0702. The molecule has 1 amide bonds. The van der Waals surface area contributed by atoms with Gasteiger partial charge in [-0.1, -0.05) is 30.3 Å². The molecule has 0 aliphatic carbocycles. The lowest BCUT2D eigenvalue weighted by atomic mass is 10.2. The third kappa shape index (κ3) is 4.18. The fourth-order valence-electron chi connectivity index (χ4n) is 2.69. The van der Waals surface area contributed by atoms with Crippen molar-refractivity contribution < 1.29 is 9.90 Å². The van der Waals surface area contributed by atoms with E-state index in [0.29, 0.717) is 24.3 Å². The number of H-pyrrole nitrogens is 1. The van der Waals surface area contributed by atoms with Gasteiger partial charge in [-0.3, -0.25) is 9.48 Å². The van der Waals surface area contributed by atoms with Crippen LogP contribution >= 0.6 is 0 Å². The molecule has 26 heavy (non-hydrogen) atoms. The van der Waals surface area contributed by atoms with E-state index in [1.807, 2.05) is 47.3 Å². The van der Waals surface area contributed by atoms with Crippen molar-refractivity contribution in [2.75, 3.05) is 13.2 Å². The highest BCUT2D eigenvalue weighted by Crippen LogP contribution is 2.11.